The molecule has 0 spiro atoms. The van der Waals surface area contributed by atoms with Crippen molar-refractivity contribution in [3.05, 3.63) is 131 Å². The van der Waals surface area contributed by atoms with E-state index in [1.807, 2.05) is 43.4 Å². The van der Waals surface area contributed by atoms with Crippen molar-refractivity contribution in [1.29, 1.82) is 0 Å². The minimum absolute atomic E-state index is 0.0680. The first kappa shape index (κ1) is 30.2. The molecule has 45 heavy (non-hydrogen) atoms. The van der Waals surface area contributed by atoms with Gasteiger partial charge in [-0.3, -0.25) is 14.4 Å². The third-order valence-corrected chi connectivity index (χ3v) is 6.92. The summed E-state index contributed by atoms with van der Waals surface area (Å²) in [5, 5.41) is 15.5. The van der Waals surface area contributed by atoms with Gasteiger partial charge in [-0.05, 0) is 96.9 Å². The molecule has 0 aliphatic rings. The van der Waals surface area contributed by atoms with Crippen LogP contribution in [0, 0.1) is 0 Å². The monoisotopic (exact) mass is 600 g/mol. The summed E-state index contributed by atoms with van der Waals surface area (Å²) in [7, 11) is 1.84. The van der Waals surface area contributed by atoms with Gasteiger partial charge in [-0.15, -0.1) is 0 Å². The summed E-state index contributed by atoms with van der Waals surface area (Å²) in [4.78, 5) is 48.6. The second-order valence-electron chi connectivity index (χ2n) is 9.97. The molecule has 0 atom stereocenters. The van der Waals surface area contributed by atoms with Gasteiger partial charge in [0.15, 0.2) is 12.1 Å². The van der Waals surface area contributed by atoms with E-state index in [9.17, 15) is 24.3 Å². The van der Waals surface area contributed by atoms with Gasteiger partial charge in [-0.1, -0.05) is 24.3 Å². The lowest BCUT2D eigenvalue weighted by Gasteiger charge is -2.12. The highest BCUT2D eigenvalue weighted by molar-refractivity contribution is 6.11. The van der Waals surface area contributed by atoms with Gasteiger partial charge >= 0.3 is 5.97 Å². The Hall–Kier alpha value is -6.22. The number of nitrogens with one attached hydrogen (secondary N) is 2. The second kappa shape index (κ2) is 13.4. The molecule has 5 rings (SSSR count). The zero-order valence-electron chi connectivity index (χ0n) is 24.4. The third kappa shape index (κ3) is 7.23. The van der Waals surface area contributed by atoms with Crippen LogP contribution in [0.15, 0.2) is 109 Å². The number of carboxylic acids is 1. The van der Waals surface area contributed by atoms with Crippen LogP contribution < -0.4 is 20.1 Å². The van der Waals surface area contributed by atoms with Crippen LogP contribution in [0.1, 0.15) is 48.4 Å². The van der Waals surface area contributed by atoms with Crippen LogP contribution in [0.4, 0.5) is 11.4 Å². The Labute approximate surface area is 259 Å². The number of ketones is 1. The van der Waals surface area contributed by atoms with Crippen molar-refractivity contribution in [3.63, 3.8) is 0 Å². The van der Waals surface area contributed by atoms with Crippen molar-refractivity contribution >= 4 is 35.3 Å². The molecule has 0 radical (unpaired) electrons. The van der Waals surface area contributed by atoms with E-state index in [0.29, 0.717) is 46.1 Å². The van der Waals surface area contributed by atoms with Gasteiger partial charge in [0.1, 0.15) is 23.0 Å². The first-order valence-electron chi connectivity index (χ1n) is 13.9. The lowest BCUT2D eigenvalue weighted by atomic mass is 9.95. The number of anilines is 2. The Morgan fingerprint density at radius 3 is 1.73 bits per heavy atom. The molecule has 5 aromatic rings. The summed E-state index contributed by atoms with van der Waals surface area (Å²) < 4.78 is 11.9. The summed E-state index contributed by atoms with van der Waals surface area (Å²) in [6.45, 7) is 1.35. The smallest absolute Gasteiger partial charge is 0.336 e. The maximum absolute atomic E-state index is 13.3. The molecule has 0 bridgehead atoms. The quantitative estimate of drug-likeness (QED) is 0.103. The van der Waals surface area contributed by atoms with E-state index in [0.717, 1.165) is 5.69 Å². The zero-order valence-corrected chi connectivity index (χ0v) is 24.4. The van der Waals surface area contributed by atoms with Crippen molar-refractivity contribution < 1.29 is 33.8 Å². The van der Waals surface area contributed by atoms with Gasteiger partial charge in [0.25, 0.3) is 5.91 Å². The average Bonchev–Trinajstić information content (AvgIpc) is 3.05. The van der Waals surface area contributed by atoms with Gasteiger partial charge in [-0.25, -0.2) is 4.79 Å². The number of amides is 1. The maximum Gasteiger partial charge on any atom is 0.336 e. The van der Waals surface area contributed by atoms with Crippen LogP contribution in [0.25, 0.3) is 11.1 Å². The molecule has 5 aromatic carbocycles. The number of hydrogen-bond acceptors (Lipinski definition) is 7. The highest BCUT2D eigenvalue weighted by Gasteiger charge is 2.19. The maximum atomic E-state index is 13.3. The number of carboxylic acid groups (broad SMARTS) is 1. The van der Waals surface area contributed by atoms with Gasteiger partial charge in [0.05, 0.1) is 11.1 Å². The molecule has 0 aliphatic heterocycles. The number of benzene rings is 5. The molecule has 0 saturated heterocycles. The van der Waals surface area contributed by atoms with E-state index in [1.165, 1.54) is 25.1 Å². The highest BCUT2D eigenvalue weighted by Crippen LogP contribution is 2.30. The van der Waals surface area contributed by atoms with E-state index in [1.54, 1.807) is 54.6 Å². The SMILES string of the molecule is CNc1ccc(Oc2cccc(Oc3ccc(NC(=O)c4cc(-c5ccc(C=O)c(C(C)=O)c5)ccc4C(=O)O)cc3)c2)cc1. The van der Waals surface area contributed by atoms with Crippen LogP contribution in [-0.2, 0) is 0 Å². The van der Waals surface area contributed by atoms with E-state index >= 15 is 0 Å². The third-order valence-electron chi connectivity index (χ3n) is 6.92. The molecule has 0 unspecified atom stereocenters. The number of hydrogen-bond donors (Lipinski definition) is 3. The van der Waals surface area contributed by atoms with Crippen LogP contribution in [0.5, 0.6) is 23.0 Å². The van der Waals surface area contributed by atoms with Crippen molar-refractivity contribution in [3.8, 4) is 34.1 Å². The van der Waals surface area contributed by atoms with E-state index in [4.69, 9.17) is 9.47 Å². The Balaban J connectivity index is 1.30. The van der Waals surface area contributed by atoms with Crippen LogP contribution in [0.3, 0.4) is 0 Å². The first-order chi connectivity index (χ1) is 21.7. The van der Waals surface area contributed by atoms with Gasteiger partial charge in [-0.2, -0.15) is 0 Å². The topological polar surface area (TPSA) is 131 Å². The lowest BCUT2D eigenvalue weighted by Crippen LogP contribution is -2.16. The van der Waals surface area contributed by atoms with Gasteiger partial charge in [0.2, 0.25) is 0 Å². The summed E-state index contributed by atoms with van der Waals surface area (Å²) >= 11 is 0. The first-order valence-corrected chi connectivity index (χ1v) is 13.9. The standard InChI is InChI=1S/C36H28N2O7/c1-22(40)33-18-23(6-7-25(33)21-39)24-8-17-32(36(42)43)34(19-24)35(41)38-27-11-15-29(16-12-27)45-31-5-3-4-30(20-31)44-28-13-9-26(37-2)10-14-28/h3-21,37H,1-2H3,(H,38,41)(H,42,43). The molecular weight excluding hydrogens is 572 g/mol. The predicted molar refractivity (Wildman–Crippen MR) is 171 cm³/mol. The molecule has 0 fully saturated rings. The molecule has 0 heterocycles. The molecule has 3 N–H and O–H groups in total. The number of Topliss-reactive ketones (excluding diaryl/α,β-unsaturated/α-hetero) is 1. The Morgan fingerprint density at radius 2 is 1.20 bits per heavy atom. The van der Waals surface area contributed by atoms with Crippen LogP contribution in [0.2, 0.25) is 0 Å². The summed E-state index contributed by atoms with van der Waals surface area (Å²) in [6, 6.07) is 30.4. The van der Waals surface area contributed by atoms with Gasteiger partial charge < -0.3 is 25.2 Å². The fraction of sp³-hybridized carbons (Fsp3) is 0.0556. The molecule has 0 aromatic heterocycles. The molecule has 0 saturated carbocycles. The molecular formula is C36H28N2O7. The number of aldehydes is 1. The van der Waals surface area contributed by atoms with E-state index in [-0.39, 0.29) is 28.0 Å². The summed E-state index contributed by atoms with van der Waals surface area (Å²) in [6.07, 6.45) is 0.598. The van der Waals surface area contributed by atoms with Crippen molar-refractivity contribution in [2.75, 3.05) is 17.7 Å². The minimum Gasteiger partial charge on any atom is -0.478 e. The number of rotatable bonds is 11. The lowest BCUT2D eigenvalue weighted by molar-refractivity contribution is 0.0692. The predicted octanol–water partition coefficient (Wildman–Crippen LogP) is 7.95. The Bertz CT molecular complexity index is 1900. The number of carbonyl (C=O) groups excluding carboxylic acids is 3. The molecule has 1 amide bonds. The molecule has 0 aliphatic carbocycles. The largest absolute Gasteiger partial charge is 0.478 e. The summed E-state index contributed by atoms with van der Waals surface area (Å²) in [5.41, 5.74) is 2.68. The van der Waals surface area contributed by atoms with Crippen LogP contribution in [-0.4, -0.2) is 36.1 Å². The second-order valence-corrected chi connectivity index (χ2v) is 9.97. The zero-order chi connectivity index (χ0) is 31.9. The fourth-order valence-corrected chi connectivity index (χ4v) is 4.61. The Morgan fingerprint density at radius 1 is 0.644 bits per heavy atom. The van der Waals surface area contributed by atoms with Crippen molar-refractivity contribution in [2.45, 2.75) is 6.92 Å². The van der Waals surface area contributed by atoms with Crippen LogP contribution >= 0.6 is 0 Å². The molecule has 9 heteroatoms. The average molecular weight is 601 g/mol. The minimum atomic E-state index is -1.27. The fourth-order valence-electron chi connectivity index (χ4n) is 4.61. The molecule has 224 valence electrons. The van der Waals surface area contributed by atoms with Crippen molar-refractivity contribution in [1.82, 2.24) is 0 Å². The Kier molecular flexibility index (Phi) is 9.00. The summed E-state index contributed by atoms with van der Waals surface area (Å²) in [5.74, 6) is 0.152. The van der Waals surface area contributed by atoms with E-state index in [2.05, 4.69) is 10.6 Å². The number of carbonyl (C=O) groups is 4. The van der Waals surface area contributed by atoms with Crippen molar-refractivity contribution in [2.24, 2.45) is 0 Å². The van der Waals surface area contributed by atoms with Gasteiger partial charge in [0, 0.05) is 35.6 Å². The number of ether oxygens (including phenoxy) is 2. The normalized spacial score (nSPS) is 10.4. The molecule has 9 nitrogen and oxygen atoms in total. The highest BCUT2D eigenvalue weighted by atomic mass is 16.5. The number of aromatic carboxylic acids is 1. The van der Waals surface area contributed by atoms with E-state index < -0.39 is 11.9 Å².